The van der Waals surface area contributed by atoms with E-state index < -0.39 is 18.0 Å². The molecule has 0 bridgehead atoms. The molecule has 0 saturated carbocycles. The Kier molecular flexibility index (Phi) is 7.54. The summed E-state index contributed by atoms with van der Waals surface area (Å²) >= 11 is 0. The molecular formula is C22H23NO6. The van der Waals surface area contributed by atoms with Crippen molar-refractivity contribution in [3.8, 4) is 11.5 Å². The van der Waals surface area contributed by atoms with Crippen LogP contribution in [0.15, 0.2) is 48.5 Å². The Bertz CT molecular complexity index is 935. The summed E-state index contributed by atoms with van der Waals surface area (Å²) in [5.41, 5.74) is 1.55. The van der Waals surface area contributed by atoms with Crippen molar-refractivity contribution in [1.29, 1.82) is 0 Å². The predicted octanol–water partition coefficient (Wildman–Crippen LogP) is 3.49. The van der Waals surface area contributed by atoms with Gasteiger partial charge in [-0.25, -0.2) is 4.79 Å². The van der Waals surface area contributed by atoms with Crippen LogP contribution in [-0.4, -0.2) is 38.0 Å². The molecule has 0 heterocycles. The monoisotopic (exact) mass is 397 g/mol. The summed E-state index contributed by atoms with van der Waals surface area (Å²) in [5, 5.41) is 2.62. The number of hydrogen-bond donors (Lipinski definition) is 1. The molecule has 0 fully saturated rings. The lowest BCUT2D eigenvalue weighted by molar-refractivity contribution is -0.148. The number of hydrogen-bond acceptors (Lipinski definition) is 6. The number of para-hydroxylation sites is 1. The van der Waals surface area contributed by atoms with Crippen molar-refractivity contribution in [3.05, 3.63) is 59.7 Å². The quantitative estimate of drug-likeness (QED) is 0.417. The Balaban J connectivity index is 2.00. The molecular weight excluding hydrogens is 374 g/mol. The van der Waals surface area contributed by atoms with E-state index in [9.17, 15) is 14.4 Å². The van der Waals surface area contributed by atoms with E-state index in [1.165, 1.54) is 40.2 Å². The Morgan fingerprint density at radius 3 is 2.41 bits per heavy atom. The highest BCUT2D eigenvalue weighted by Gasteiger charge is 2.17. The first-order valence-electron chi connectivity index (χ1n) is 8.87. The molecule has 1 amide bonds. The van der Waals surface area contributed by atoms with Gasteiger partial charge in [-0.15, -0.1) is 0 Å². The minimum Gasteiger partial charge on any atom is -0.493 e. The van der Waals surface area contributed by atoms with Crippen LogP contribution in [0.2, 0.25) is 0 Å². The van der Waals surface area contributed by atoms with Crippen LogP contribution >= 0.6 is 0 Å². The van der Waals surface area contributed by atoms with Crippen LogP contribution in [0.4, 0.5) is 5.69 Å². The number of nitrogens with one attached hydrogen (secondary N) is 1. The Morgan fingerprint density at radius 1 is 1.03 bits per heavy atom. The number of Topliss-reactive ketones (excluding diaryl/α,β-unsaturated/α-hetero) is 1. The highest BCUT2D eigenvalue weighted by Crippen LogP contribution is 2.31. The summed E-state index contributed by atoms with van der Waals surface area (Å²) in [6, 6.07) is 11.8. The zero-order valence-electron chi connectivity index (χ0n) is 16.7. The maximum Gasteiger partial charge on any atom is 0.331 e. The molecule has 7 nitrogen and oxygen atoms in total. The zero-order chi connectivity index (χ0) is 21.4. The van der Waals surface area contributed by atoms with Crippen LogP contribution in [0, 0.1) is 0 Å². The Hall–Kier alpha value is -3.61. The fourth-order valence-corrected chi connectivity index (χ4v) is 2.53. The maximum absolute atomic E-state index is 12.3. The van der Waals surface area contributed by atoms with Crippen LogP contribution in [0.5, 0.6) is 11.5 Å². The first-order chi connectivity index (χ1) is 13.8. The molecule has 1 N–H and O–H groups in total. The van der Waals surface area contributed by atoms with Gasteiger partial charge in [0.25, 0.3) is 5.91 Å². The van der Waals surface area contributed by atoms with Crippen molar-refractivity contribution in [2.24, 2.45) is 0 Å². The molecule has 0 aliphatic carbocycles. The second kappa shape index (κ2) is 10.1. The number of ketones is 1. The number of anilines is 1. The van der Waals surface area contributed by atoms with E-state index in [1.807, 2.05) is 0 Å². The summed E-state index contributed by atoms with van der Waals surface area (Å²) in [6.07, 6.45) is 1.70. The third-order valence-electron chi connectivity index (χ3n) is 4.03. The average Bonchev–Trinajstić information content (AvgIpc) is 2.71. The normalized spacial score (nSPS) is 11.6. The smallest absolute Gasteiger partial charge is 0.331 e. The van der Waals surface area contributed by atoms with Gasteiger partial charge >= 0.3 is 5.97 Å². The van der Waals surface area contributed by atoms with E-state index in [2.05, 4.69) is 5.32 Å². The first kappa shape index (κ1) is 21.7. The number of ether oxygens (including phenoxy) is 3. The molecule has 152 valence electrons. The number of amides is 1. The molecule has 0 saturated heterocycles. The van der Waals surface area contributed by atoms with Crippen molar-refractivity contribution in [2.75, 3.05) is 19.5 Å². The van der Waals surface area contributed by atoms with Crippen molar-refractivity contribution in [3.63, 3.8) is 0 Å². The van der Waals surface area contributed by atoms with E-state index in [0.717, 1.165) is 0 Å². The summed E-state index contributed by atoms with van der Waals surface area (Å²) in [6.45, 7) is 2.90. The van der Waals surface area contributed by atoms with Gasteiger partial charge in [-0.3, -0.25) is 9.59 Å². The topological polar surface area (TPSA) is 90.9 Å². The molecule has 2 aromatic carbocycles. The van der Waals surface area contributed by atoms with Crippen LogP contribution in [0.25, 0.3) is 6.08 Å². The van der Waals surface area contributed by atoms with Gasteiger partial charge in [0, 0.05) is 22.9 Å². The van der Waals surface area contributed by atoms with Crippen molar-refractivity contribution < 1.29 is 28.6 Å². The lowest BCUT2D eigenvalue weighted by Gasteiger charge is -2.13. The van der Waals surface area contributed by atoms with Gasteiger partial charge in [-0.1, -0.05) is 24.3 Å². The number of methoxy groups -OCH3 is 2. The second-order valence-corrected chi connectivity index (χ2v) is 6.12. The maximum atomic E-state index is 12.3. The SMILES string of the molecule is COc1cccc(/C=C/C(=O)O[C@H](C)C(=O)Nc2cccc(C(C)=O)c2)c1OC. The Morgan fingerprint density at radius 2 is 1.76 bits per heavy atom. The molecule has 2 rings (SSSR count). The van der Waals surface area contributed by atoms with Crippen molar-refractivity contribution in [2.45, 2.75) is 20.0 Å². The molecule has 0 aromatic heterocycles. The highest BCUT2D eigenvalue weighted by atomic mass is 16.5. The molecule has 0 aliphatic rings. The summed E-state index contributed by atoms with van der Waals surface area (Å²) in [7, 11) is 3.02. The number of rotatable bonds is 8. The number of carbonyl (C=O) groups excluding carboxylic acids is 3. The number of esters is 1. The van der Waals surface area contributed by atoms with Gasteiger partial charge in [-0.2, -0.15) is 0 Å². The number of carbonyl (C=O) groups is 3. The van der Waals surface area contributed by atoms with Crippen molar-refractivity contribution >= 4 is 29.4 Å². The molecule has 29 heavy (non-hydrogen) atoms. The molecule has 1 atom stereocenters. The van der Waals surface area contributed by atoms with E-state index in [-0.39, 0.29) is 5.78 Å². The third-order valence-corrected chi connectivity index (χ3v) is 4.03. The minimum absolute atomic E-state index is 0.112. The lowest BCUT2D eigenvalue weighted by atomic mass is 10.1. The van der Waals surface area contributed by atoms with Gasteiger partial charge in [0.1, 0.15) is 0 Å². The summed E-state index contributed by atoms with van der Waals surface area (Å²) < 4.78 is 15.6. The number of benzene rings is 2. The standard InChI is InChI=1S/C22H23NO6/c1-14(24)17-8-5-9-18(13-17)23-22(26)15(2)29-20(25)12-11-16-7-6-10-19(27-3)21(16)28-4/h5-13,15H,1-4H3,(H,23,26)/b12-11+/t15-/m1/s1. The van der Waals surface area contributed by atoms with Gasteiger partial charge < -0.3 is 19.5 Å². The summed E-state index contributed by atoms with van der Waals surface area (Å²) in [4.78, 5) is 35.8. The minimum atomic E-state index is -1.03. The van der Waals surface area contributed by atoms with E-state index in [1.54, 1.807) is 42.5 Å². The van der Waals surface area contributed by atoms with Gasteiger partial charge in [-0.05, 0) is 38.1 Å². The molecule has 0 aliphatic heterocycles. The van der Waals surface area contributed by atoms with Gasteiger partial charge in [0.05, 0.1) is 14.2 Å². The largest absolute Gasteiger partial charge is 0.493 e. The van der Waals surface area contributed by atoms with E-state index in [4.69, 9.17) is 14.2 Å². The fraction of sp³-hybridized carbons (Fsp3) is 0.227. The molecule has 7 heteroatoms. The molecule has 2 aromatic rings. The first-order valence-corrected chi connectivity index (χ1v) is 8.87. The second-order valence-electron chi connectivity index (χ2n) is 6.12. The van der Waals surface area contributed by atoms with Gasteiger partial charge in [0.2, 0.25) is 0 Å². The molecule has 0 spiro atoms. The van der Waals surface area contributed by atoms with Crippen LogP contribution in [0.3, 0.4) is 0 Å². The highest BCUT2D eigenvalue weighted by molar-refractivity contribution is 5.99. The van der Waals surface area contributed by atoms with E-state index in [0.29, 0.717) is 28.3 Å². The zero-order valence-corrected chi connectivity index (χ0v) is 16.7. The fourth-order valence-electron chi connectivity index (χ4n) is 2.53. The predicted molar refractivity (Wildman–Crippen MR) is 109 cm³/mol. The average molecular weight is 397 g/mol. The van der Waals surface area contributed by atoms with E-state index >= 15 is 0 Å². The summed E-state index contributed by atoms with van der Waals surface area (Å²) in [5.74, 6) is -0.293. The van der Waals surface area contributed by atoms with Crippen molar-refractivity contribution in [1.82, 2.24) is 0 Å². The third kappa shape index (κ3) is 5.93. The van der Waals surface area contributed by atoms with Crippen LogP contribution in [-0.2, 0) is 14.3 Å². The van der Waals surface area contributed by atoms with Gasteiger partial charge in [0.15, 0.2) is 23.4 Å². The molecule has 0 radical (unpaired) electrons. The van der Waals surface area contributed by atoms with Crippen LogP contribution < -0.4 is 14.8 Å². The Labute approximate surface area is 169 Å². The molecule has 0 unspecified atom stereocenters. The lowest BCUT2D eigenvalue weighted by Crippen LogP contribution is -2.29. The van der Waals surface area contributed by atoms with Crippen LogP contribution in [0.1, 0.15) is 29.8 Å².